The van der Waals surface area contributed by atoms with E-state index in [4.69, 9.17) is 5.26 Å². The van der Waals surface area contributed by atoms with Crippen LogP contribution in [0, 0.1) is 11.3 Å². The summed E-state index contributed by atoms with van der Waals surface area (Å²) in [5, 5.41) is 18.7. The van der Waals surface area contributed by atoms with E-state index >= 15 is 0 Å². The van der Waals surface area contributed by atoms with Crippen molar-refractivity contribution in [2.45, 2.75) is 38.8 Å². The second kappa shape index (κ2) is 7.92. The minimum Gasteiger partial charge on any atom is -0.389 e. The highest BCUT2D eigenvalue weighted by Gasteiger charge is 2.27. The summed E-state index contributed by atoms with van der Waals surface area (Å²) in [5.74, 6) is -0.0757. The van der Waals surface area contributed by atoms with E-state index in [1.807, 2.05) is 49.2 Å². The van der Waals surface area contributed by atoms with Crippen molar-refractivity contribution in [1.29, 1.82) is 5.26 Å². The minimum absolute atomic E-state index is 0.0757. The highest BCUT2D eigenvalue weighted by molar-refractivity contribution is 5.96. The molecule has 0 aliphatic heterocycles. The zero-order valence-corrected chi connectivity index (χ0v) is 13.8. The van der Waals surface area contributed by atoms with Gasteiger partial charge in [0.1, 0.15) is 0 Å². The molecule has 5 heteroatoms. The number of nitriles is 1. The van der Waals surface area contributed by atoms with E-state index in [-0.39, 0.29) is 18.4 Å². The van der Waals surface area contributed by atoms with Crippen molar-refractivity contribution in [3.8, 4) is 6.07 Å². The van der Waals surface area contributed by atoms with Crippen molar-refractivity contribution >= 4 is 11.6 Å². The van der Waals surface area contributed by atoms with Crippen LogP contribution in [0.1, 0.15) is 27.2 Å². The molecule has 1 rings (SSSR count). The van der Waals surface area contributed by atoms with Crippen molar-refractivity contribution in [1.82, 2.24) is 4.90 Å². The summed E-state index contributed by atoms with van der Waals surface area (Å²) in [5.41, 5.74) is -0.0840. The number of likely N-dealkylation sites (N-methyl/N-ethyl adjacent to an activating group) is 1. The molecule has 0 aliphatic rings. The first-order valence-corrected chi connectivity index (χ1v) is 7.42. The van der Waals surface area contributed by atoms with Crippen LogP contribution in [0.5, 0.6) is 0 Å². The molecule has 0 spiro atoms. The quantitative estimate of drug-likeness (QED) is 0.837. The van der Waals surface area contributed by atoms with Crippen molar-refractivity contribution in [3.05, 3.63) is 30.3 Å². The third-order valence-electron chi connectivity index (χ3n) is 3.44. The Labute approximate surface area is 132 Å². The monoisotopic (exact) mass is 303 g/mol. The van der Waals surface area contributed by atoms with Gasteiger partial charge >= 0.3 is 0 Å². The van der Waals surface area contributed by atoms with Crippen molar-refractivity contribution in [3.63, 3.8) is 0 Å². The van der Waals surface area contributed by atoms with Crippen LogP contribution < -0.4 is 4.90 Å². The topological polar surface area (TPSA) is 67.6 Å². The van der Waals surface area contributed by atoms with Crippen LogP contribution in [0.3, 0.4) is 0 Å². The van der Waals surface area contributed by atoms with Gasteiger partial charge in [-0.2, -0.15) is 5.26 Å². The summed E-state index contributed by atoms with van der Waals surface area (Å²) in [6.07, 6.45) is 0.280. The van der Waals surface area contributed by atoms with Crippen LogP contribution in [-0.4, -0.2) is 47.7 Å². The number of hydrogen-bond acceptors (Lipinski definition) is 4. The molecule has 0 fully saturated rings. The fraction of sp³-hybridized carbons (Fsp3) is 0.529. The summed E-state index contributed by atoms with van der Waals surface area (Å²) in [7, 11) is 1.81. The minimum atomic E-state index is -0.868. The maximum atomic E-state index is 12.8. The van der Waals surface area contributed by atoms with E-state index in [1.165, 1.54) is 0 Å². The largest absolute Gasteiger partial charge is 0.389 e. The van der Waals surface area contributed by atoms with Crippen molar-refractivity contribution in [2.24, 2.45) is 0 Å². The van der Waals surface area contributed by atoms with Gasteiger partial charge in [0.15, 0.2) is 0 Å². The van der Waals surface area contributed by atoms with E-state index in [9.17, 15) is 9.90 Å². The Hall–Kier alpha value is -1.90. The summed E-state index contributed by atoms with van der Waals surface area (Å²) >= 11 is 0. The number of nitrogens with zero attached hydrogens (tertiary/aromatic N) is 3. The highest BCUT2D eigenvalue weighted by Crippen LogP contribution is 2.17. The van der Waals surface area contributed by atoms with Crippen LogP contribution in [0.15, 0.2) is 30.3 Å². The number of amides is 1. The molecule has 22 heavy (non-hydrogen) atoms. The van der Waals surface area contributed by atoms with Crippen molar-refractivity contribution in [2.75, 3.05) is 25.0 Å². The number of benzene rings is 1. The van der Waals surface area contributed by atoms with Gasteiger partial charge in [-0.05, 0) is 40.0 Å². The molecule has 1 aromatic carbocycles. The second-order valence-electron chi connectivity index (χ2n) is 6.14. The maximum Gasteiger partial charge on any atom is 0.244 e. The number of carbonyl (C=O) groups is 1. The van der Waals surface area contributed by atoms with E-state index < -0.39 is 5.60 Å². The number of hydrogen-bond donors (Lipinski definition) is 1. The molecule has 1 unspecified atom stereocenters. The normalized spacial score (nSPS) is 12.8. The van der Waals surface area contributed by atoms with Crippen LogP contribution >= 0.6 is 0 Å². The first kappa shape index (κ1) is 18.1. The lowest BCUT2D eigenvalue weighted by Gasteiger charge is -2.33. The zero-order valence-electron chi connectivity index (χ0n) is 13.8. The highest BCUT2D eigenvalue weighted by atomic mass is 16.3. The Balaban J connectivity index is 2.90. The standard InChI is InChI=1S/C17H25N3O2/c1-14(19(4)13-17(2,3)22)16(21)20(12-8-11-18)15-9-6-5-7-10-15/h5-7,9-10,14,22H,8,12-13H2,1-4H3. The van der Waals surface area contributed by atoms with Crippen LogP contribution in [0.2, 0.25) is 0 Å². The smallest absolute Gasteiger partial charge is 0.244 e. The molecule has 5 nitrogen and oxygen atoms in total. The molecule has 0 aliphatic carbocycles. The van der Waals surface area contributed by atoms with Crippen LogP contribution in [0.4, 0.5) is 5.69 Å². The van der Waals surface area contributed by atoms with Gasteiger partial charge in [-0.25, -0.2) is 0 Å². The van der Waals surface area contributed by atoms with Crippen LogP contribution in [-0.2, 0) is 4.79 Å². The molecule has 0 radical (unpaired) electrons. The van der Waals surface area contributed by atoms with Crippen molar-refractivity contribution < 1.29 is 9.90 Å². The van der Waals surface area contributed by atoms with Gasteiger partial charge in [0, 0.05) is 18.8 Å². The third kappa shape index (κ3) is 5.47. The second-order valence-corrected chi connectivity index (χ2v) is 6.14. The Kier molecular flexibility index (Phi) is 6.54. The lowest BCUT2D eigenvalue weighted by molar-refractivity contribution is -0.123. The van der Waals surface area contributed by atoms with Gasteiger partial charge in [0.05, 0.1) is 24.1 Å². The number of carbonyl (C=O) groups excluding carboxylic acids is 1. The van der Waals surface area contributed by atoms with Gasteiger partial charge < -0.3 is 10.0 Å². The Bertz CT molecular complexity index is 517. The van der Waals surface area contributed by atoms with Crippen LogP contribution in [0.25, 0.3) is 0 Å². The van der Waals surface area contributed by atoms with E-state index in [0.29, 0.717) is 13.1 Å². The molecule has 1 atom stereocenters. The average molecular weight is 303 g/mol. The Morgan fingerprint density at radius 3 is 2.45 bits per heavy atom. The van der Waals surface area contributed by atoms with Gasteiger partial charge in [0.25, 0.3) is 0 Å². The fourth-order valence-electron chi connectivity index (χ4n) is 2.30. The molecule has 1 amide bonds. The van der Waals surface area contributed by atoms with E-state index in [0.717, 1.165) is 5.69 Å². The zero-order chi connectivity index (χ0) is 16.8. The summed E-state index contributed by atoms with van der Waals surface area (Å²) in [6.45, 7) is 5.99. The molecule has 1 N–H and O–H groups in total. The number of aliphatic hydroxyl groups is 1. The lowest BCUT2D eigenvalue weighted by Crippen LogP contribution is -2.49. The molecular weight excluding hydrogens is 278 g/mol. The predicted octanol–water partition coefficient (Wildman–Crippen LogP) is 2.02. The SMILES string of the molecule is CC(C(=O)N(CCC#N)c1ccccc1)N(C)CC(C)(C)O. The Morgan fingerprint density at radius 1 is 1.36 bits per heavy atom. The Morgan fingerprint density at radius 2 is 1.95 bits per heavy atom. The molecule has 0 saturated carbocycles. The number of rotatable bonds is 7. The molecule has 0 aromatic heterocycles. The molecule has 0 bridgehead atoms. The molecule has 0 heterocycles. The molecule has 0 saturated heterocycles. The summed E-state index contributed by atoms with van der Waals surface area (Å²) in [6, 6.07) is 11.0. The maximum absolute atomic E-state index is 12.8. The number of anilines is 1. The third-order valence-corrected chi connectivity index (χ3v) is 3.44. The first-order chi connectivity index (χ1) is 10.3. The summed E-state index contributed by atoms with van der Waals surface area (Å²) in [4.78, 5) is 16.2. The first-order valence-electron chi connectivity index (χ1n) is 7.42. The average Bonchev–Trinajstić information content (AvgIpc) is 2.46. The summed E-state index contributed by atoms with van der Waals surface area (Å²) < 4.78 is 0. The predicted molar refractivity (Wildman–Crippen MR) is 87.4 cm³/mol. The van der Waals surface area contributed by atoms with Gasteiger partial charge in [0.2, 0.25) is 5.91 Å². The van der Waals surface area contributed by atoms with Gasteiger partial charge in [-0.15, -0.1) is 0 Å². The fourth-order valence-corrected chi connectivity index (χ4v) is 2.30. The molecular formula is C17H25N3O2. The van der Waals surface area contributed by atoms with Gasteiger partial charge in [-0.1, -0.05) is 18.2 Å². The van der Waals surface area contributed by atoms with E-state index in [2.05, 4.69) is 6.07 Å². The molecule has 1 aromatic rings. The molecule has 120 valence electrons. The van der Waals surface area contributed by atoms with Gasteiger partial charge in [-0.3, -0.25) is 9.69 Å². The lowest BCUT2D eigenvalue weighted by atomic mass is 10.1. The number of para-hydroxylation sites is 1. The van der Waals surface area contributed by atoms with E-state index in [1.54, 1.807) is 18.7 Å².